The van der Waals surface area contributed by atoms with Crippen LogP contribution in [-0.2, 0) is 4.43 Å². The van der Waals surface area contributed by atoms with Gasteiger partial charge in [-0.1, -0.05) is 32.3 Å². The first-order valence-electron chi connectivity index (χ1n) is 6.48. The molecule has 0 bridgehead atoms. The average molecular weight is 255 g/mol. The van der Waals surface area contributed by atoms with Crippen LogP contribution in [0.2, 0.25) is 18.1 Å². The third kappa shape index (κ3) is 4.02. The van der Waals surface area contributed by atoms with Crippen LogP contribution in [0.5, 0.6) is 0 Å². The van der Waals surface area contributed by atoms with Crippen molar-refractivity contribution in [3.05, 3.63) is 10.4 Å². The van der Waals surface area contributed by atoms with E-state index >= 15 is 0 Å². The predicted octanol–water partition coefficient (Wildman–Crippen LogP) is 4.63. The molecule has 0 spiro atoms. The molecule has 4 nitrogen and oxygen atoms in total. The normalized spacial score (nSPS) is 26.4. The van der Waals surface area contributed by atoms with Gasteiger partial charge in [0.25, 0.3) is 0 Å². The van der Waals surface area contributed by atoms with Crippen LogP contribution in [0.4, 0.5) is 0 Å². The van der Waals surface area contributed by atoms with Crippen LogP contribution in [0.25, 0.3) is 10.4 Å². The van der Waals surface area contributed by atoms with E-state index in [1.807, 2.05) is 0 Å². The van der Waals surface area contributed by atoms with Crippen molar-refractivity contribution >= 4 is 8.32 Å². The summed E-state index contributed by atoms with van der Waals surface area (Å²) >= 11 is 0. The molecular formula is C12H25N3OSi. The predicted molar refractivity (Wildman–Crippen MR) is 73.5 cm³/mol. The summed E-state index contributed by atoms with van der Waals surface area (Å²) < 4.78 is 6.38. The zero-order chi connectivity index (χ0) is 13.1. The number of azide groups is 1. The highest BCUT2D eigenvalue weighted by atomic mass is 28.4. The summed E-state index contributed by atoms with van der Waals surface area (Å²) in [7, 11) is -1.68. The molecule has 1 rings (SSSR count). The second-order valence-electron chi connectivity index (χ2n) is 6.53. The number of hydrogen-bond donors (Lipinski definition) is 0. The van der Waals surface area contributed by atoms with Gasteiger partial charge in [-0.25, -0.2) is 0 Å². The molecule has 17 heavy (non-hydrogen) atoms. The van der Waals surface area contributed by atoms with Crippen molar-refractivity contribution in [3.63, 3.8) is 0 Å². The zero-order valence-electron chi connectivity index (χ0n) is 11.7. The topological polar surface area (TPSA) is 58.0 Å². The highest BCUT2D eigenvalue weighted by Gasteiger charge is 2.39. The Morgan fingerprint density at radius 3 is 2.47 bits per heavy atom. The lowest BCUT2D eigenvalue weighted by Crippen LogP contribution is -2.45. The molecule has 0 aromatic carbocycles. The van der Waals surface area contributed by atoms with Crippen LogP contribution in [0, 0.1) is 0 Å². The molecule has 0 aliphatic heterocycles. The Balaban J connectivity index is 2.60. The van der Waals surface area contributed by atoms with E-state index < -0.39 is 8.32 Å². The van der Waals surface area contributed by atoms with Gasteiger partial charge in [0, 0.05) is 17.1 Å². The van der Waals surface area contributed by atoms with Crippen molar-refractivity contribution in [2.75, 3.05) is 0 Å². The Kier molecular flexibility index (Phi) is 4.64. The van der Waals surface area contributed by atoms with Gasteiger partial charge in [-0.2, -0.15) is 0 Å². The van der Waals surface area contributed by atoms with Gasteiger partial charge in [0.1, 0.15) is 0 Å². The quantitative estimate of drug-likeness (QED) is 0.314. The first-order valence-corrected chi connectivity index (χ1v) is 9.39. The summed E-state index contributed by atoms with van der Waals surface area (Å²) in [4.78, 5) is 2.92. The summed E-state index contributed by atoms with van der Waals surface area (Å²) in [6, 6.07) is 0.142. The molecule has 0 amide bonds. The molecule has 0 saturated heterocycles. The lowest BCUT2D eigenvalue weighted by atomic mass is 9.94. The van der Waals surface area contributed by atoms with Gasteiger partial charge in [-0.15, -0.1) is 0 Å². The van der Waals surface area contributed by atoms with E-state index in [4.69, 9.17) is 9.96 Å². The van der Waals surface area contributed by atoms with Gasteiger partial charge in [0.05, 0.1) is 0 Å². The van der Waals surface area contributed by atoms with Crippen LogP contribution < -0.4 is 0 Å². The molecule has 0 aromatic heterocycles. The lowest BCUT2D eigenvalue weighted by Gasteiger charge is -2.41. The summed E-state index contributed by atoms with van der Waals surface area (Å²) in [5.41, 5.74) is 8.49. The van der Waals surface area contributed by atoms with E-state index in [1.165, 1.54) is 0 Å². The summed E-state index contributed by atoms with van der Waals surface area (Å²) in [6.07, 6.45) is 4.44. The molecular weight excluding hydrogens is 230 g/mol. The van der Waals surface area contributed by atoms with Gasteiger partial charge in [0.15, 0.2) is 8.32 Å². The van der Waals surface area contributed by atoms with E-state index in [-0.39, 0.29) is 11.1 Å². The maximum atomic E-state index is 8.49. The Bertz CT molecular complexity index is 305. The molecule has 0 N–H and O–H groups in total. The SMILES string of the molecule is CC(C)(C)[Si](C)(C)O[C@H]1CCC[C@H](N=[N+]=[N-])C1. The third-order valence-electron chi connectivity index (χ3n) is 4.08. The van der Waals surface area contributed by atoms with Crippen LogP contribution in [0.1, 0.15) is 46.5 Å². The first-order chi connectivity index (χ1) is 7.76. The monoisotopic (exact) mass is 255 g/mol. The molecule has 0 radical (unpaired) electrons. The van der Waals surface area contributed by atoms with Crippen molar-refractivity contribution in [1.82, 2.24) is 0 Å². The highest BCUT2D eigenvalue weighted by Crippen LogP contribution is 2.39. The van der Waals surface area contributed by atoms with E-state index in [9.17, 15) is 0 Å². The fraction of sp³-hybridized carbons (Fsp3) is 1.00. The molecule has 0 aromatic rings. The Morgan fingerprint density at radius 2 is 1.94 bits per heavy atom. The zero-order valence-corrected chi connectivity index (χ0v) is 12.7. The lowest BCUT2D eigenvalue weighted by molar-refractivity contribution is 0.128. The Labute approximate surface area is 105 Å². The fourth-order valence-electron chi connectivity index (χ4n) is 2.00. The van der Waals surface area contributed by atoms with Crippen molar-refractivity contribution in [1.29, 1.82) is 0 Å². The molecule has 1 fully saturated rings. The first kappa shape index (κ1) is 14.5. The average Bonchev–Trinajstić information content (AvgIpc) is 2.16. The molecule has 1 aliphatic carbocycles. The minimum atomic E-state index is -1.68. The van der Waals surface area contributed by atoms with E-state index in [2.05, 4.69) is 43.9 Å². The number of nitrogens with zero attached hydrogens (tertiary/aromatic N) is 3. The molecule has 1 saturated carbocycles. The molecule has 1 aliphatic rings. The van der Waals surface area contributed by atoms with Crippen molar-refractivity contribution in [2.45, 2.75) is 76.7 Å². The van der Waals surface area contributed by atoms with Gasteiger partial charge in [-0.3, -0.25) is 0 Å². The Morgan fingerprint density at radius 1 is 1.29 bits per heavy atom. The second kappa shape index (κ2) is 5.42. The molecule has 2 atom stereocenters. The molecule has 0 unspecified atom stereocenters. The summed E-state index contributed by atoms with van der Waals surface area (Å²) in [5.74, 6) is 0. The largest absolute Gasteiger partial charge is 0.414 e. The summed E-state index contributed by atoms with van der Waals surface area (Å²) in [5, 5.41) is 4.09. The van der Waals surface area contributed by atoms with E-state index in [1.54, 1.807) is 0 Å². The third-order valence-corrected chi connectivity index (χ3v) is 8.62. The van der Waals surface area contributed by atoms with E-state index in [0.29, 0.717) is 6.10 Å². The molecule has 98 valence electrons. The standard InChI is InChI=1S/C12H25N3OSi/c1-12(2,3)17(4,5)16-11-8-6-7-10(9-11)14-15-13/h10-11H,6-9H2,1-5H3/t10-,11-/m0/s1. The van der Waals surface area contributed by atoms with Crippen LogP contribution in [0.3, 0.4) is 0 Å². The van der Waals surface area contributed by atoms with Crippen LogP contribution >= 0.6 is 0 Å². The highest BCUT2D eigenvalue weighted by molar-refractivity contribution is 6.74. The maximum absolute atomic E-state index is 8.49. The van der Waals surface area contributed by atoms with Crippen molar-refractivity contribution < 1.29 is 4.43 Å². The van der Waals surface area contributed by atoms with Gasteiger partial charge in [0.2, 0.25) is 0 Å². The van der Waals surface area contributed by atoms with Crippen molar-refractivity contribution in [3.8, 4) is 0 Å². The van der Waals surface area contributed by atoms with Gasteiger partial charge >= 0.3 is 0 Å². The fourth-order valence-corrected chi connectivity index (χ4v) is 3.40. The summed E-state index contributed by atoms with van der Waals surface area (Å²) in [6.45, 7) is 11.3. The van der Waals surface area contributed by atoms with Crippen molar-refractivity contribution in [2.24, 2.45) is 5.11 Å². The smallest absolute Gasteiger partial charge is 0.192 e. The minimum absolute atomic E-state index is 0.142. The Hall–Kier alpha value is -0.513. The van der Waals surface area contributed by atoms with Crippen LogP contribution in [0.15, 0.2) is 5.11 Å². The maximum Gasteiger partial charge on any atom is 0.192 e. The van der Waals surface area contributed by atoms with Crippen LogP contribution in [-0.4, -0.2) is 20.5 Å². The molecule has 0 heterocycles. The van der Waals surface area contributed by atoms with E-state index in [0.717, 1.165) is 25.7 Å². The van der Waals surface area contributed by atoms with Gasteiger partial charge in [-0.05, 0) is 42.9 Å². The number of rotatable bonds is 3. The second-order valence-corrected chi connectivity index (χ2v) is 11.3. The molecule has 5 heteroatoms. The van der Waals surface area contributed by atoms with Gasteiger partial charge < -0.3 is 4.43 Å². The number of hydrogen-bond acceptors (Lipinski definition) is 2. The minimum Gasteiger partial charge on any atom is -0.414 e.